The summed E-state index contributed by atoms with van der Waals surface area (Å²) in [5.74, 6) is -0.378. The Morgan fingerprint density at radius 1 is 1.07 bits per heavy atom. The van der Waals surface area contributed by atoms with Crippen LogP contribution in [0.2, 0.25) is 0 Å². The minimum atomic E-state index is -0.785. The number of aromatic nitrogens is 2. The van der Waals surface area contributed by atoms with Crippen LogP contribution in [0.15, 0.2) is 48.8 Å². The lowest BCUT2D eigenvalue weighted by Gasteiger charge is -2.17. The van der Waals surface area contributed by atoms with Gasteiger partial charge >= 0.3 is 5.97 Å². The third-order valence-electron chi connectivity index (χ3n) is 4.20. The number of carbonyl (C=O) groups excluding carboxylic acids is 2. The van der Waals surface area contributed by atoms with Gasteiger partial charge in [0.1, 0.15) is 5.75 Å². The number of anilines is 1. The molecule has 144 valence electrons. The maximum atomic E-state index is 12.3. The van der Waals surface area contributed by atoms with E-state index in [4.69, 9.17) is 15.2 Å². The molecule has 0 aliphatic heterocycles. The van der Waals surface area contributed by atoms with Crippen LogP contribution < -0.4 is 10.5 Å². The zero-order valence-corrected chi connectivity index (χ0v) is 15.6. The summed E-state index contributed by atoms with van der Waals surface area (Å²) >= 11 is 0. The molecule has 0 aliphatic carbocycles. The van der Waals surface area contributed by atoms with Crippen LogP contribution >= 0.6 is 0 Å². The third-order valence-corrected chi connectivity index (χ3v) is 4.20. The zero-order valence-electron chi connectivity index (χ0n) is 15.6. The molecule has 8 nitrogen and oxygen atoms in total. The van der Waals surface area contributed by atoms with Crippen LogP contribution in [0.1, 0.15) is 16.1 Å². The number of esters is 1. The van der Waals surface area contributed by atoms with Crippen LogP contribution in [0, 0.1) is 0 Å². The summed E-state index contributed by atoms with van der Waals surface area (Å²) < 4.78 is 10.2. The predicted octanol–water partition coefficient (Wildman–Crippen LogP) is 2.04. The van der Waals surface area contributed by atoms with E-state index in [1.165, 1.54) is 17.3 Å². The number of amides is 1. The molecule has 2 aromatic carbocycles. The first-order chi connectivity index (χ1) is 13.5. The minimum Gasteiger partial charge on any atom is -0.497 e. The normalized spacial score (nSPS) is 10.5. The molecule has 3 aromatic rings. The quantitative estimate of drug-likeness (QED) is 0.652. The molecule has 0 bridgehead atoms. The summed E-state index contributed by atoms with van der Waals surface area (Å²) in [5, 5.41) is 2.09. The van der Waals surface area contributed by atoms with E-state index in [-0.39, 0.29) is 17.4 Å². The topological polar surface area (TPSA) is 108 Å². The average Bonchev–Trinajstić information content (AvgIpc) is 2.71. The zero-order chi connectivity index (χ0) is 20.1. The van der Waals surface area contributed by atoms with Crippen LogP contribution in [-0.4, -0.2) is 47.5 Å². The van der Waals surface area contributed by atoms with Gasteiger partial charge in [-0.05, 0) is 34.5 Å². The molecule has 1 aromatic heterocycles. The standard InChI is InChI=1S/C20H20N4O4/c1-24(17(25)12-28-20(26)18-19(21)23-8-7-22-18)11-13-3-4-15-10-16(27-2)6-5-14(15)9-13/h3-10H,11-12H2,1-2H3,(H2,21,23). The number of hydrogen-bond acceptors (Lipinski definition) is 7. The maximum Gasteiger partial charge on any atom is 0.361 e. The fourth-order valence-electron chi connectivity index (χ4n) is 2.67. The monoisotopic (exact) mass is 380 g/mol. The number of nitrogens with two attached hydrogens (primary N) is 1. The number of ether oxygens (including phenoxy) is 2. The second-order valence-corrected chi connectivity index (χ2v) is 6.16. The average molecular weight is 380 g/mol. The van der Waals surface area contributed by atoms with E-state index in [0.717, 1.165) is 22.1 Å². The summed E-state index contributed by atoms with van der Waals surface area (Å²) in [6.07, 6.45) is 2.70. The van der Waals surface area contributed by atoms with Crippen molar-refractivity contribution < 1.29 is 19.1 Å². The van der Waals surface area contributed by atoms with Gasteiger partial charge in [-0.15, -0.1) is 0 Å². The molecule has 0 spiro atoms. The molecule has 28 heavy (non-hydrogen) atoms. The van der Waals surface area contributed by atoms with Gasteiger partial charge < -0.3 is 20.1 Å². The number of rotatable bonds is 6. The van der Waals surface area contributed by atoms with Crippen molar-refractivity contribution in [3.8, 4) is 5.75 Å². The predicted molar refractivity (Wildman–Crippen MR) is 104 cm³/mol. The fourth-order valence-corrected chi connectivity index (χ4v) is 2.67. The Kier molecular flexibility index (Phi) is 5.69. The van der Waals surface area contributed by atoms with Gasteiger partial charge in [-0.2, -0.15) is 0 Å². The van der Waals surface area contributed by atoms with Crippen molar-refractivity contribution in [3.63, 3.8) is 0 Å². The van der Waals surface area contributed by atoms with Crippen LogP contribution in [0.25, 0.3) is 10.8 Å². The molecule has 1 heterocycles. The number of nitrogens with zero attached hydrogens (tertiary/aromatic N) is 3. The largest absolute Gasteiger partial charge is 0.497 e. The lowest BCUT2D eigenvalue weighted by Crippen LogP contribution is -2.31. The molecule has 0 unspecified atom stereocenters. The van der Waals surface area contributed by atoms with E-state index < -0.39 is 12.6 Å². The van der Waals surface area contributed by atoms with E-state index in [1.54, 1.807) is 14.2 Å². The highest BCUT2D eigenvalue weighted by Crippen LogP contribution is 2.22. The first-order valence-corrected chi connectivity index (χ1v) is 8.52. The summed E-state index contributed by atoms with van der Waals surface area (Å²) in [4.78, 5) is 33.3. The van der Waals surface area contributed by atoms with Gasteiger partial charge in [0.25, 0.3) is 5.91 Å². The fraction of sp³-hybridized carbons (Fsp3) is 0.200. The van der Waals surface area contributed by atoms with Gasteiger partial charge in [-0.25, -0.2) is 14.8 Å². The lowest BCUT2D eigenvalue weighted by atomic mass is 10.1. The van der Waals surface area contributed by atoms with Gasteiger partial charge in [0, 0.05) is 26.0 Å². The molecule has 0 saturated carbocycles. The number of fused-ring (bicyclic) bond motifs is 1. The number of hydrogen-bond donors (Lipinski definition) is 1. The van der Waals surface area contributed by atoms with Crippen molar-refractivity contribution in [1.82, 2.24) is 14.9 Å². The molecule has 0 atom stereocenters. The van der Waals surface area contributed by atoms with E-state index >= 15 is 0 Å². The van der Waals surface area contributed by atoms with Crippen molar-refractivity contribution in [2.24, 2.45) is 0 Å². The molecular weight excluding hydrogens is 360 g/mol. The van der Waals surface area contributed by atoms with E-state index in [0.29, 0.717) is 6.54 Å². The van der Waals surface area contributed by atoms with Gasteiger partial charge in [-0.1, -0.05) is 18.2 Å². The Morgan fingerprint density at radius 2 is 1.79 bits per heavy atom. The lowest BCUT2D eigenvalue weighted by molar-refractivity contribution is -0.133. The Balaban J connectivity index is 1.60. The highest BCUT2D eigenvalue weighted by molar-refractivity contribution is 5.93. The Labute approximate surface area is 161 Å². The first kappa shape index (κ1) is 19.1. The molecule has 8 heteroatoms. The number of methoxy groups -OCH3 is 1. The molecule has 3 rings (SSSR count). The van der Waals surface area contributed by atoms with Crippen LogP contribution in [0.3, 0.4) is 0 Å². The molecule has 0 aliphatic rings. The molecule has 0 saturated heterocycles. The van der Waals surface area contributed by atoms with Crippen LogP contribution in [0.5, 0.6) is 5.75 Å². The van der Waals surface area contributed by atoms with Crippen molar-refractivity contribution in [2.45, 2.75) is 6.54 Å². The molecule has 0 fully saturated rings. The summed E-state index contributed by atoms with van der Waals surface area (Å²) in [7, 11) is 3.27. The number of carbonyl (C=O) groups is 2. The smallest absolute Gasteiger partial charge is 0.361 e. The van der Waals surface area contributed by atoms with E-state index in [2.05, 4.69) is 9.97 Å². The van der Waals surface area contributed by atoms with Crippen LogP contribution in [0.4, 0.5) is 5.82 Å². The second-order valence-electron chi connectivity index (χ2n) is 6.16. The molecule has 0 radical (unpaired) electrons. The number of likely N-dealkylation sites (N-methyl/N-ethyl adjacent to an activating group) is 1. The van der Waals surface area contributed by atoms with Crippen molar-refractivity contribution in [1.29, 1.82) is 0 Å². The van der Waals surface area contributed by atoms with Gasteiger partial charge in [-0.3, -0.25) is 4.79 Å². The highest BCUT2D eigenvalue weighted by atomic mass is 16.5. The Bertz CT molecular complexity index is 1020. The Morgan fingerprint density at radius 3 is 2.54 bits per heavy atom. The number of benzene rings is 2. The van der Waals surface area contributed by atoms with Crippen LogP contribution in [-0.2, 0) is 16.1 Å². The molecular formula is C20H20N4O4. The van der Waals surface area contributed by atoms with E-state index in [1.807, 2.05) is 36.4 Å². The van der Waals surface area contributed by atoms with Crippen molar-refractivity contribution >= 4 is 28.5 Å². The van der Waals surface area contributed by atoms with Gasteiger partial charge in [0.15, 0.2) is 18.1 Å². The van der Waals surface area contributed by atoms with Crippen molar-refractivity contribution in [3.05, 3.63) is 60.0 Å². The molecule has 2 N–H and O–H groups in total. The summed E-state index contributed by atoms with van der Waals surface area (Å²) in [6, 6.07) is 11.7. The van der Waals surface area contributed by atoms with E-state index in [9.17, 15) is 9.59 Å². The maximum absolute atomic E-state index is 12.3. The first-order valence-electron chi connectivity index (χ1n) is 8.52. The van der Waals surface area contributed by atoms with Crippen molar-refractivity contribution in [2.75, 3.05) is 26.5 Å². The summed E-state index contributed by atoms with van der Waals surface area (Å²) in [5.41, 5.74) is 6.42. The summed E-state index contributed by atoms with van der Waals surface area (Å²) in [6.45, 7) is -0.0260. The number of nitrogen functional groups attached to an aromatic ring is 1. The Hall–Kier alpha value is -3.68. The van der Waals surface area contributed by atoms with Gasteiger partial charge in [0.05, 0.1) is 7.11 Å². The second kappa shape index (κ2) is 8.34. The van der Waals surface area contributed by atoms with Gasteiger partial charge in [0.2, 0.25) is 0 Å². The third kappa shape index (κ3) is 4.35. The SMILES string of the molecule is COc1ccc2cc(CN(C)C(=O)COC(=O)c3nccnc3N)ccc2c1. The molecule has 1 amide bonds. The highest BCUT2D eigenvalue weighted by Gasteiger charge is 2.17. The minimum absolute atomic E-state index is 0.0407.